The summed E-state index contributed by atoms with van der Waals surface area (Å²) in [5.74, 6) is -2.13. The van der Waals surface area contributed by atoms with Crippen molar-refractivity contribution >= 4 is 63.0 Å². The summed E-state index contributed by atoms with van der Waals surface area (Å²) in [5.41, 5.74) is 4.14. The van der Waals surface area contributed by atoms with Gasteiger partial charge in [0, 0.05) is 16.5 Å². The Morgan fingerprint density at radius 3 is 2.24 bits per heavy atom. The van der Waals surface area contributed by atoms with E-state index in [4.69, 9.17) is 0 Å². The van der Waals surface area contributed by atoms with Crippen molar-refractivity contribution in [2.24, 2.45) is 5.92 Å². The maximum Gasteiger partial charge on any atom is 0.308 e. The fraction of sp³-hybridized carbons (Fsp3) is 0.243. The molecule has 46 heavy (non-hydrogen) atoms. The number of benzene rings is 4. The molecule has 1 fully saturated rings. The summed E-state index contributed by atoms with van der Waals surface area (Å²) in [6.45, 7) is 8.17. The number of fused-ring (bicyclic) bond motifs is 3. The molecular formula is C37H33N3O4S2. The van der Waals surface area contributed by atoms with E-state index >= 15 is 0 Å². The predicted octanol–water partition coefficient (Wildman–Crippen LogP) is 7.10. The van der Waals surface area contributed by atoms with E-state index in [-0.39, 0.29) is 34.6 Å². The number of thioether (sulfide) groups is 1. The fourth-order valence-corrected chi connectivity index (χ4v) is 9.14. The molecule has 0 unspecified atom stereocenters. The van der Waals surface area contributed by atoms with Gasteiger partial charge in [-0.05, 0) is 58.5 Å². The number of carbonyl (C=O) groups is 3. The SMILES string of the molecule is Cc1ccc(N2C(=O)[C@H]3[C@H](c4ccc(C(C)(C)C)cc4)c4sc(=O)n(CC(=O)Nc5ccc6ccccc6c5)c4S[C@H]3C2=O)cc1. The normalized spacial score (nSPS) is 19.3. The first kappa shape index (κ1) is 30.2. The lowest BCUT2D eigenvalue weighted by molar-refractivity contribution is -0.122. The molecule has 2 aliphatic rings. The summed E-state index contributed by atoms with van der Waals surface area (Å²) in [4.78, 5) is 56.8. The Balaban J connectivity index is 1.27. The third kappa shape index (κ3) is 5.27. The van der Waals surface area contributed by atoms with Gasteiger partial charge < -0.3 is 5.32 Å². The lowest BCUT2D eigenvalue weighted by Gasteiger charge is -2.31. The van der Waals surface area contributed by atoms with Gasteiger partial charge in [-0.2, -0.15) is 0 Å². The first-order valence-electron chi connectivity index (χ1n) is 15.2. The molecule has 0 radical (unpaired) electrons. The van der Waals surface area contributed by atoms with E-state index in [0.717, 1.165) is 38.8 Å². The average Bonchev–Trinajstić information content (AvgIpc) is 3.47. The number of thiazole rings is 1. The number of aryl methyl sites for hydroxylation is 1. The molecule has 2 aliphatic heterocycles. The second-order valence-corrected chi connectivity index (χ2v) is 15.1. The van der Waals surface area contributed by atoms with E-state index in [1.807, 2.05) is 73.7 Å². The smallest absolute Gasteiger partial charge is 0.308 e. The minimum atomic E-state index is -0.739. The van der Waals surface area contributed by atoms with Crippen LogP contribution in [-0.2, 0) is 26.3 Å². The van der Waals surface area contributed by atoms with Gasteiger partial charge in [0.05, 0.1) is 16.6 Å². The molecule has 3 amide bonds. The monoisotopic (exact) mass is 647 g/mol. The van der Waals surface area contributed by atoms with Crippen molar-refractivity contribution in [2.75, 3.05) is 10.2 Å². The first-order chi connectivity index (χ1) is 22.0. The number of carbonyl (C=O) groups excluding carboxylic acids is 3. The fourth-order valence-electron chi connectivity index (χ4n) is 6.36. The van der Waals surface area contributed by atoms with E-state index in [9.17, 15) is 19.2 Å². The molecule has 232 valence electrons. The van der Waals surface area contributed by atoms with Crippen LogP contribution in [-0.4, -0.2) is 27.5 Å². The molecule has 5 aromatic rings. The zero-order valence-corrected chi connectivity index (χ0v) is 27.6. The molecule has 7 rings (SSSR count). The van der Waals surface area contributed by atoms with Gasteiger partial charge in [0.1, 0.15) is 11.8 Å². The molecule has 0 saturated carbocycles. The summed E-state index contributed by atoms with van der Waals surface area (Å²) < 4.78 is 1.46. The largest absolute Gasteiger partial charge is 0.325 e. The molecule has 1 N–H and O–H groups in total. The van der Waals surface area contributed by atoms with Gasteiger partial charge in [-0.1, -0.05) is 116 Å². The Hall–Kier alpha value is -4.47. The Labute approximate surface area is 275 Å². The number of amides is 3. The van der Waals surface area contributed by atoms with E-state index < -0.39 is 17.1 Å². The quantitative estimate of drug-likeness (QED) is 0.206. The second kappa shape index (κ2) is 11.4. The van der Waals surface area contributed by atoms with Crippen LogP contribution in [0, 0.1) is 12.8 Å². The van der Waals surface area contributed by atoms with Gasteiger partial charge in [0.25, 0.3) is 0 Å². The van der Waals surface area contributed by atoms with Gasteiger partial charge >= 0.3 is 4.87 Å². The molecule has 4 aromatic carbocycles. The Kier molecular flexibility index (Phi) is 7.48. The molecule has 7 nitrogen and oxygen atoms in total. The Morgan fingerprint density at radius 2 is 1.54 bits per heavy atom. The Bertz CT molecular complexity index is 2070. The van der Waals surface area contributed by atoms with Crippen LogP contribution in [0.25, 0.3) is 10.8 Å². The number of imide groups is 1. The van der Waals surface area contributed by atoms with E-state index in [0.29, 0.717) is 21.3 Å². The van der Waals surface area contributed by atoms with Crippen LogP contribution < -0.4 is 15.1 Å². The van der Waals surface area contributed by atoms with Gasteiger partial charge in [0.15, 0.2) is 0 Å². The van der Waals surface area contributed by atoms with Gasteiger partial charge in [-0.3, -0.25) is 23.7 Å². The van der Waals surface area contributed by atoms with Crippen molar-refractivity contribution in [1.82, 2.24) is 4.57 Å². The molecule has 1 saturated heterocycles. The summed E-state index contributed by atoms with van der Waals surface area (Å²) in [5, 5.41) is 4.82. The van der Waals surface area contributed by atoms with E-state index in [2.05, 4.69) is 38.2 Å². The highest BCUT2D eigenvalue weighted by atomic mass is 32.2. The van der Waals surface area contributed by atoms with Crippen molar-refractivity contribution < 1.29 is 14.4 Å². The zero-order valence-electron chi connectivity index (χ0n) is 25.9. The molecule has 9 heteroatoms. The molecule has 0 spiro atoms. The first-order valence-corrected chi connectivity index (χ1v) is 16.9. The minimum absolute atomic E-state index is 0.0669. The van der Waals surface area contributed by atoms with E-state index in [1.165, 1.54) is 21.2 Å². The average molecular weight is 648 g/mol. The highest BCUT2D eigenvalue weighted by molar-refractivity contribution is 8.00. The van der Waals surface area contributed by atoms with Crippen molar-refractivity contribution in [3.63, 3.8) is 0 Å². The molecular weight excluding hydrogens is 615 g/mol. The third-order valence-corrected chi connectivity index (χ3v) is 11.4. The maximum atomic E-state index is 14.2. The Morgan fingerprint density at radius 1 is 0.848 bits per heavy atom. The standard InChI is InChI=1S/C37H33N3O4S2/c1-21-9-17-27(18-10-21)40-33(42)30-29(23-11-14-25(15-12-23)37(2,3)4)32-35(45-31(30)34(40)43)39(36(44)46-32)20-28(41)38-26-16-13-22-7-5-6-8-24(22)19-26/h5-19,29-31H,20H2,1-4H3,(H,38,41)/t29-,30-,31+/m0/s1. The van der Waals surface area contributed by atoms with Crippen LogP contribution >= 0.6 is 23.1 Å². The lowest BCUT2D eigenvalue weighted by atomic mass is 9.81. The van der Waals surface area contributed by atoms with E-state index in [1.54, 1.807) is 12.1 Å². The summed E-state index contributed by atoms with van der Waals surface area (Å²) in [6.07, 6.45) is 0. The van der Waals surface area contributed by atoms with Crippen LogP contribution in [0.15, 0.2) is 101 Å². The van der Waals surface area contributed by atoms with Crippen molar-refractivity contribution in [1.29, 1.82) is 0 Å². The van der Waals surface area contributed by atoms with Crippen LogP contribution in [0.3, 0.4) is 0 Å². The van der Waals surface area contributed by atoms with Crippen LogP contribution in [0.1, 0.15) is 48.3 Å². The molecule has 3 heterocycles. The number of aromatic nitrogens is 1. The minimum Gasteiger partial charge on any atom is -0.325 e. The van der Waals surface area contributed by atoms with Crippen LogP contribution in [0.4, 0.5) is 11.4 Å². The predicted molar refractivity (Wildman–Crippen MR) is 185 cm³/mol. The highest BCUT2D eigenvalue weighted by Crippen LogP contribution is 2.54. The number of hydrogen-bond acceptors (Lipinski definition) is 6. The number of anilines is 2. The molecule has 0 bridgehead atoms. The highest BCUT2D eigenvalue weighted by Gasteiger charge is 2.56. The molecule has 1 aromatic heterocycles. The van der Waals surface area contributed by atoms with Gasteiger partial charge in [-0.25, -0.2) is 4.90 Å². The number of nitrogens with zero attached hydrogens (tertiary/aromatic N) is 2. The van der Waals surface area contributed by atoms with Gasteiger partial charge in [0.2, 0.25) is 17.7 Å². The number of nitrogens with one attached hydrogen (secondary N) is 1. The second-order valence-electron chi connectivity index (χ2n) is 13.0. The van der Waals surface area contributed by atoms with Crippen LogP contribution in [0.2, 0.25) is 0 Å². The molecule has 3 atom stereocenters. The number of rotatable bonds is 5. The number of hydrogen-bond donors (Lipinski definition) is 1. The van der Waals surface area contributed by atoms with Crippen molar-refractivity contribution in [2.45, 2.75) is 55.8 Å². The summed E-state index contributed by atoms with van der Waals surface area (Å²) in [7, 11) is 0. The zero-order chi connectivity index (χ0) is 32.3. The lowest BCUT2D eigenvalue weighted by Crippen LogP contribution is -2.33. The van der Waals surface area contributed by atoms with Crippen LogP contribution in [0.5, 0.6) is 0 Å². The third-order valence-electron chi connectivity index (χ3n) is 8.81. The summed E-state index contributed by atoms with van der Waals surface area (Å²) in [6, 6.07) is 29.1. The summed E-state index contributed by atoms with van der Waals surface area (Å²) >= 11 is 2.28. The van der Waals surface area contributed by atoms with Crippen molar-refractivity contribution in [3.05, 3.63) is 122 Å². The molecule has 0 aliphatic carbocycles. The van der Waals surface area contributed by atoms with Gasteiger partial charge in [-0.15, -0.1) is 0 Å². The maximum absolute atomic E-state index is 14.2. The topological polar surface area (TPSA) is 88.5 Å². The van der Waals surface area contributed by atoms with Crippen molar-refractivity contribution in [3.8, 4) is 0 Å².